The van der Waals surface area contributed by atoms with Gasteiger partial charge in [-0.25, -0.2) is 5.43 Å². The van der Waals surface area contributed by atoms with E-state index in [1.807, 2.05) is 42.5 Å². The molecule has 4 N–H and O–H groups in total. The number of nitrogens with one attached hydrogen (secondary N) is 1. The molecule has 0 saturated carbocycles. The first-order valence-corrected chi connectivity index (χ1v) is 11.7. The molecule has 184 valence electrons. The Morgan fingerprint density at radius 2 is 1.89 bits per heavy atom. The zero-order valence-electron chi connectivity index (χ0n) is 19.4. The molecule has 0 saturated heterocycles. The zero-order valence-corrected chi connectivity index (χ0v) is 20.1. The van der Waals surface area contributed by atoms with Gasteiger partial charge in [0.15, 0.2) is 0 Å². The van der Waals surface area contributed by atoms with E-state index in [9.17, 15) is 14.7 Å². The van der Waals surface area contributed by atoms with Crippen LogP contribution in [0.4, 0.5) is 0 Å². The van der Waals surface area contributed by atoms with E-state index in [1.54, 1.807) is 23.4 Å². The highest BCUT2D eigenvalue weighted by molar-refractivity contribution is 6.32. The summed E-state index contributed by atoms with van der Waals surface area (Å²) < 4.78 is 5.39. The van der Waals surface area contributed by atoms with E-state index >= 15 is 0 Å². The Labute approximate surface area is 213 Å². The minimum Gasteiger partial charge on any atom is -0.506 e. The Morgan fingerprint density at radius 3 is 2.61 bits per heavy atom. The molecular weight excluding hydrogens is 480 g/mol. The number of phenols is 1. The van der Waals surface area contributed by atoms with Crippen molar-refractivity contribution in [2.45, 2.75) is 13.0 Å². The van der Waals surface area contributed by atoms with Gasteiger partial charge in [-0.3, -0.25) is 9.59 Å². The summed E-state index contributed by atoms with van der Waals surface area (Å²) in [6.07, 6.45) is 3.33. The fourth-order valence-corrected chi connectivity index (χ4v) is 4.02. The topological polar surface area (TPSA) is 121 Å². The van der Waals surface area contributed by atoms with Gasteiger partial charge in [-0.2, -0.15) is 5.10 Å². The molecule has 0 fully saturated rings. The number of halogens is 1. The predicted molar refractivity (Wildman–Crippen MR) is 139 cm³/mol. The maximum absolute atomic E-state index is 13.1. The lowest BCUT2D eigenvalue weighted by molar-refractivity contribution is -0.131. The monoisotopic (exact) mass is 504 g/mol. The summed E-state index contributed by atoms with van der Waals surface area (Å²) in [7, 11) is 0. The van der Waals surface area contributed by atoms with Gasteiger partial charge in [0.05, 0.1) is 30.5 Å². The standard InChI is InChI=1S/C27H25ClN4O4/c28-24-14-19(9-10-25(24)33)27(35)31-30-16-20-8-7-18(22-5-1-2-6-23(20)22)15-26(34)32(12-11-29)17-21-4-3-13-36-21/h1-10,13-14,16,33H,11-12,15,17,29H2,(H,31,35)/b30-16+. The third kappa shape index (κ3) is 5.91. The Balaban J connectivity index is 1.51. The number of hydrogen-bond donors (Lipinski definition) is 3. The summed E-state index contributed by atoms with van der Waals surface area (Å²) in [5.41, 5.74) is 10.1. The van der Waals surface area contributed by atoms with Gasteiger partial charge in [-0.15, -0.1) is 0 Å². The van der Waals surface area contributed by atoms with Crippen LogP contribution < -0.4 is 11.2 Å². The number of nitrogens with zero attached hydrogens (tertiary/aromatic N) is 2. The molecule has 0 aliphatic rings. The van der Waals surface area contributed by atoms with E-state index in [4.69, 9.17) is 21.8 Å². The SMILES string of the molecule is NCCN(Cc1ccco1)C(=O)Cc1ccc(/C=N/NC(=O)c2ccc(O)c(Cl)c2)c2ccccc12. The Hall–Kier alpha value is -4.14. The summed E-state index contributed by atoms with van der Waals surface area (Å²) in [6.45, 7) is 1.14. The number of rotatable bonds is 9. The van der Waals surface area contributed by atoms with Crippen LogP contribution in [0.1, 0.15) is 27.2 Å². The number of aromatic hydroxyl groups is 1. The molecule has 36 heavy (non-hydrogen) atoms. The van der Waals surface area contributed by atoms with Crippen molar-refractivity contribution in [2.75, 3.05) is 13.1 Å². The first-order valence-electron chi connectivity index (χ1n) is 11.3. The van der Waals surface area contributed by atoms with Gasteiger partial charge in [0.2, 0.25) is 5.91 Å². The molecule has 0 aliphatic heterocycles. The molecule has 0 radical (unpaired) electrons. The van der Waals surface area contributed by atoms with Crippen molar-refractivity contribution in [1.29, 1.82) is 0 Å². The average molecular weight is 505 g/mol. The molecule has 0 unspecified atom stereocenters. The molecule has 4 aromatic rings. The maximum atomic E-state index is 13.1. The van der Waals surface area contributed by atoms with Gasteiger partial charge >= 0.3 is 0 Å². The maximum Gasteiger partial charge on any atom is 0.271 e. The van der Waals surface area contributed by atoms with Crippen LogP contribution in [0.15, 0.2) is 82.5 Å². The van der Waals surface area contributed by atoms with Crippen molar-refractivity contribution in [3.8, 4) is 5.75 Å². The lowest BCUT2D eigenvalue weighted by Gasteiger charge is -2.21. The third-order valence-electron chi connectivity index (χ3n) is 5.65. The molecule has 0 aliphatic carbocycles. The summed E-state index contributed by atoms with van der Waals surface area (Å²) in [4.78, 5) is 27.1. The van der Waals surface area contributed by atoms with Crippen molar-refractivity contribution < 1.29 is 19.1 Å². The second-order valence-corrected chi connectivity index (χ2v) is 8.49. The number of hydrazone groups is 1. The van der Waals surface area contributed by atoms with Crippen LogP contribution in [0.5, 0.6) is 5.75 Å². The highest BCUT2D eigenvalue weighted by atomic mass is 35.5. The quantitative estimate of drug-likeness (QED) is 0.234. The number of hydrogen-bond acceptors (Lipinski definition) is 6. The molecule has 9 heteroatoms. The second-order valence-electron chi connectivity index (χ2n) is 8.08. The molecular formula is C27H25ClN4O4. The zero-order chi connectivity index (χ0) is 25.5. The molecule has 0 bridgehead atoms. The molecule has 0 spiro atoms. The van der Waals surface area contributed by atoms with Crippen LogP contribution in [0.2, 0.25) is 5.02 Å². The summed E-state index contributed by atoms with van der Waals surface area (Å²) in [5, 5.41) is 15.5. The second kappa shape index (κ2) is 11.5. The number of furan rings is 1. The highest BCUT2D eigenvalue weighted by Crippen LogP contribution is 2.24. The highest BCUT2D eigenvalue weighted by Gasteiger charge is 2.17. The van der Waals surface area contributed by atoms with Gasteiger partial charge in [0, 0.05) is 24.2 Å². The smallest absolute Gasteiger partial charge is 0.271 e. The van der Waals surface area contributed by atoms with E-state index in [2.05, 4.69) is 10.5 Å². The van der Waals surface area contributed by atoms with E-state index in [0.717, 1.165) is 21.9 Å². The average Bonchev–Trinajstić information content (AvgIpc) is 3.39. The Kier molecular flexibility index (Phi) is 7.99. The molecule has 1 heterocycles. The number of nitrogens with two attached hydrogens (primary N) is 1. The number of carbonyl (C=O) groups is 2. The predicted octanol–water partition coefficient (Wildman–Crippen LogP) is 4.09. The van der Waals surface area contributed by atoms with Gasteiger partial charge in [0.1, 0.15) is 11.5 Å². The molecule has 2 amide bonds. The Bertz CT molecular complexity index is 1400. The van der Waals surface area contributed by atoms with Gasteiger partial charge in [0.25, 0.3) is 5.91 Å². The fourth-order valence-electron chi connectivity index (χ4n) is 3.84. The van der Waals surface area contributed by atoms with Crippen LogP contribution in [0, 0.1) is 0 Å². The normalized spacial score (nSPS) is 11.2. The largest absolute Gasteiger partial charge is 0.506 e. The van der Waals surface area contributed by atoms with Crippen molar-refractivity contribution in [3.63, 3.8) is 0 Å². The van der Waals surface area contributed by atoms with Crippen LogP contribution in [0.3, 0.4) is 0 Å². The molecule has 0 atom stereocenters. The number of benzene rings is 3. The van der Waals surface area contributed by atoms with Gasteiger partial charge < -0.3 is 20.2 Å². The van der Waals surface area contributed by atoms with Crippen molar-refractivity contribution >= 4 is 40.4 Å². The number of fused-ring (bicyclic) bond motifs is 1. The van der Waals surface area contributed by atoms with Crippen LogP contribution in [0.25, 0.3) is 10.8 Å². The lowest BCUT2D eigenvalue weighted by atomic mass is 9.98. The van der Waals surface area contributed by atoms with Gasteiger partial charge in [-0.05, 0) is 46.7 Å². The Morgan fingerprint density at radius 1 is 1.08 bits per heavy atom. The van der Waals surface area contributed by atoms with E-state index in [0.29, 0.717) is 25.4 Å². The lowest BCUT2D eigenvalue weighted by Crippen LogP contribution is -2.35. The minimum atomic E-state index is -0.462. The number of carbonyl (C=O) groups excluding carboxylic acids is 2. The van der Waals surface area contributed by atoms with Crippen LogP contribution in [-0.4, -0.2) is 41.1 Å². The van der Waals surface area contributed by atoms with E-state index in [1.165, 1.54) is 18.2 Å². The molecule has 3 aromatic carbocycles. The molecule has 8 nitrogen and oxygen atoms in total. The number of phenolic OH excluding ortho intramolecular Hbond substituents is 1. The minimum absolute atomic E-state index is 0.0526. The summed E-state index contributed by atoms with van der Waals surface area (Å²) in [6, 6.07) is 19.2. The van der Waals surface area contributed by atoms with Crippen molar-refractivity contribution in [3.05, 3.63) is 100 Å². The fraction of sp³-hybridized carbons (Fsp3) is 0.148. The first kappa shape index (κ1) is 25.0. The van der Waals surface area contributed by atoms with E-state index in [-0.39, 0.29) is 28.7 Å². The van der Waals surface area contributed by atoms with Crippen LogP contribution >= 0.6 is 11.6 Å². The molecule has 1 aromatic heterocycles. The summed E-state index contributed by atoms with van der Waals surface area (Å²) >= 11 is 5.87. The number of amides is 2. The first-order chi connectivity index (χ1) is 17.5. The third-order valence-corrected chi connectivity index (χ3v) is 5.95. The molecule has 4 rings (SSSR count). The van der Waals surface area contributed by atoms with Crippen LogP contribution in [-0.2, 0) is 17.8 Å². The van der Waals surface area contributed by atoms with Crippen molar-refractivity contribution in [1.82, 2.24) is 10.3 Å². The van der Waals surface area contributed by atoms with Crippen molar-refractivity contribution in [2.24, 2.45) is 10.8 Å². The van der Waals surface area contributed by atoms with E-state index < -0.39 is 5.91 Å². The van der Waals surface area contributed by atoms with Gasteiger partial charge in [-0.1, -0.05) is 48.0 Å². The summed E-state index contributed by atoms with van der Waals surface area (Å²) in [5.74, 6) is 0.0816.